The van der Waals surface area contributed by atoms with Crippen molar-refractivity contribution in [3.8, 4) is 0 Å². The molecular weight excluding hydrogens is 321 g/mol. The molecule has 0 spiro atoms. The maximum Gasteiger partial charge on any atom is 0.143 e. The minimum atomic E-state index is -0.819. The molecule has 0 bridgehead atoms. The maximum absolute atomic E-state index is 10.8. The summed E-state index contributed by atoms with van der Waals surface area (Å²) in [7, 11) is 0. The normalized spacial score (nSPS) is 14.3. The molecule has 1 N–H and O–H groups in total. The van der Waals surface area contributed by atoms with Gasteiger partial charge in [-0.05, 0) is 30.0 Å². The van der Waals surface area contributed by atoms with Crippen molar-refractivity contribution >= 4 is 23.2 Å². The van der Waals surface area contributed by atoms with Crippen LogP contribution in [-0.2, 0) is 6.42 Å². The number of nitrogens with zero attached hydrogens (tertiary/aromatic N) is 1. The Labute approximate surface area is 141 Å². The molecule has 2 aromatic rings. The number of benzene rings is 1. The van der Waals surface area contributed by atoms with Crippen molar-refractivity contribution in [1.29, 1.82) is 0 Å². The lowest BCUT2D eigenvalue weighted by molar-refractivity contribution is 0.216. The van der Waals surface area contributed by atoms with Gasteiger partial charge in [0.1, 0.15) is 17.6 Å². The SMILES string of the molecule is CCCc1onc(C(Cl)C(C)C)c1C(O)c1ccc(Cl)cc1. The summed E-state index contributed by atoms with van der Waals surface area (Å²) in [6, 6.07) is 7.12. The zero-order chi connectivity index (χ0) is 16.3. The first-order valence-electron chi connectivity index (χ1n) is 7.51. The van der Waals surface area contributed by atoms with Gasteiger partial charge in [0.25, 0.3) is 0 Å². The molecule has 1 heterocycles. The minimum Gasteiger partial charge on any atom is -0.383 e. The van der Waals surface area contributed by atoms with Crippen LogP contribution in [0.15, 0.2) is 28.8 Å². The number of rotatable bonds is 6. The van der Waals surface area contributed by atoms with Crippen molar-refractivity contribution in [2.24, 2.45) is 5.92 Å². The predicted octanol–water partition coefficient (Wildman–Crippen LogP) is 5.30. The van der Waals surface area contributed by atoms with Gasteiger partial charge in [-0.2, -0.15) is 0 Å². The zero-order valence-electron chi connectivity index (χ0n) is 13.0. The van der Waals surface area contributed by atoms with Crippen molar-refractivity contribution in [2.45, 2.75) is 45.1 Å². The van der Waals surface area contributed by atoms with E-state index < -0.39 is 6.10 Å². The van der Waals surface area contributed by atoms with E-state index in [1.807, 2.05) is 13.8 Å². The average molecular weight is 342 g/mol. The lowest BCUT2D eigenvalue weighted by Crippen LogP contribution is -2.09. The third-order valence-electron chi connectivity index (χ3n) is 3.61. The molecule has 0 aliphatic heterocycles. The second kappa shape index (κ2) is 7.49. The first-order valence-corrected chi connectivity index (χ1v) is 8.33. The minimum absolute atomic E-state index is 0.192. The molecule has 0 saturated heterocycles. The van der Waals surface area contributed by atoms with Gasteiger partial charge in [-0.3, -0.25) is 0 Å². The van der Waals surface area contributed by atoms with E-state index in [-0.39, 0.29) is 11.3 Å². The van der Waals surface area contributed by atoms with Crippen LogP contribution >= 0.6 is 23.2 Å². The second-order valence-corrected chi connectivity index (χ2v) is 6.66. The fourth-order valence-corrected chi connectivity index (χ4v) is 2.66. The molecule has 22 heavy (non-hydrogen) atoms. The maximum atomic E-state index is 10.8. The van der Waals surface area contributed by atoms with Crippen molar-refractivity contribution in [2.75, 3.05) is 0 Å². The van der Waals surface area contributed by atoms with Crippen LogP contribution in [-0.4, -0.2) is 10.3 Å². The Morgan fingerprint density at radius 1 is 1.23 bits per heavy atom. The molecule has 0 fully saturated rings. The van der Waals surface area contributed by atoms with Crippen molar-refractivity contribution < 1.29 is 9.63 Å². The molecule has 3 nitrogen and oxygen atoms in total. The molecular formula is C17H21Cl2NO2. The van der Waals surface area contributed by atoms with Gasteiger partial charge in [-0.15, -0.1) is 11.6 Å². The monoisotopic (exact) mass is 341 g/mol. The van der Waals surface area contributed by atoms with Crippen LogP contribution in [0.1, 0.15) is 61.3 Å². The number of hydrogen-bond donors (Lipinski definition) is 1. The molecule has 0 radical (unpaired) electrons. The highest BCUT2D eigenvalue weighted by atomic mass is 35.5. The molecule has 1 aromatic heterocycles. The number of hydrogen-bond acceptors (Lipinski definition) is 3. The highest BCUT2D eigenvalue weighted by molar-refractivity contribution is 6.30. The van der Waals surface area contributed by atoms with Crippen molar-refractivity contribution in [1.82, 2.24) is 5.16 Å². The van der Waals surface area contributed by atoms with Crippen LogP contribution in [0.3, 0.4) is 0 Å². The largest absolute Gasteiger partial charge is 0.383 e. The lowest BCUT2D eigenvalue weighted by Gasteiger charge is -2.16. The van der Waals surface area contributed by atoms with Crippen LogP contribution in [0.5, 0.6) is 0 Å². The number of aliphatic hydroxyl groups is 1. The van der Waals surface area contributed by atoms with Crippen LogP contribution in [0.4, 0.5) is 0 Å². The fraction of sp³-hybridized carbons (Fsp3) is 0.471. The smallest absolute Gasteiger partial charge is 0.143 e. The summed E-state index contributed by atoms with van der Waals surface area (Å²) in [6.45, 7) is 6.09. The molecule has 2 rings (SSSR count). The van der Waals surface area contributed by atoms with E-state index in [1.54, 1.807) is 24.3 Å². The van der Waals surface area contributed by atoms with Gasteiger partial charge < -0.3 is 9.63 Å². The highest BCUT2D eigenvalue weighted by Gasteiger charge is 2.29. The summed E-state index contributed by atoms with van der Waals surface area (Å²) in [4.78, 5) is 0. The molecule has 2 unspecified atom stereocenters. The third kappa shape index (κ3) is 3.65. The average Bonchev–Trinajstić information content (AvgIpc) is 2.90. The van der Waals surface area contributed by atoms with Gasteiger partial charge in [0, 0.05) is 11.4 Å². The molecule has 0 aliphatic carbocycles. The van der Waals surface area contributed by atoms with E-state index in [2.05, 4.69) is 12.1 Å². The van der Waals surface area contributed by atoms with E-state index in [9.17, 15) is 5.11 Å². The number of aliphatic hydroxyl groups excluding tert-OH is 1. The summed E-state index contributed by atoms with van der Waals surface area (Å²) in [5.74, 6) is 0.892. The fourth-order valence-electron chi connectivity index (χ4n) is 2.37. The Kier molecular flexibility index (Phi) is 5.90. The Morgan fingerprint density at radius 2 is 1.86 bits per heavy atom. The van der Waals surface area contributed by atoms with Gasteiger partial charge in [0.15, 0.2) is 0 Å². The highest BCUT2D eigenvalue weighted by Crippen LogP contribution is 2.37. The molecule has 0 amide bonds. The molecule has 0 saturated carbocycles. The van der Waals surface area contributed by atoms with Gasteiger partial charge in [0.2, 0.25) is 0 Å². The van der Waals surface area contributed by atoms with Crippen LogP contribution in [0.25, 0.3) is 0 Å². The van der Waals surface area contributed by atoms with Gasteiger partial charge in [-0.25, -0.2) is 0 Å². The van der Waals surface area contributed by atoms with Crippen molar-refractivity contribution in [3.05, 3.63) is 51.9 Å². The lowest BCUT2D eigenvalue weighted by atomic mass is 9.94. The quantitative estimate of drug-likeness (QED) is 0.725. The molecule has 5 heteroatoms. The van der Waals surface area contributed by atoms with E-state index in [0.29, 0.717) is 28.5 Å². The first kappa shape index (κ1) is 17.3. The molecule has 0 aliphatic rings. The second-order valence-electron chi connectivity index (χ2n) is 5.75. The van der Waals surface area contributed by atoms with E-state index in [4.69, 9.17) is 27.7 Å². The summed E-state index contributed by atoms with van der Waals surface area (Å²) >= 11 is 12.4. The summed E-state index contributed by atoms with van der Waals surface area (Å²) in [5, 5.41) is 15.2. The van der Waals surface area contributed by atoms with E-state index in [0.717, 1.165) is 12.0 Å². The molecule has 1 aromatic carbocycles. The topological polar surface area (TPSA) is 46.3 Å². The number of aryl methyl sites for hydroxylation is 1. The van der Waals surface area contributed by atoms with Crippen LogP contribution in [0.2, 0.25) is 5.02 Å². The Morgan fingerprint density at radius 3 is 2.41 bits per heavy atom. The number of halogens is 2. The number of alkyl halides is 1. The van der Waals surface area contributed by atoms with E-state index >= 15 is 0 Å². The number of aromatic nitrogens is 1. The standard InChI is InChI=1S/C17H21Cl2NO2/c1-4-5-13-14(16(20-22-13)15(19)10(2)3)17(21)11-6-8-12(18)9-7-11/h6-10,15,17,21H,4-5H2,1-3H3. The van der Waals surface area contributed by atoms with Crippen LogP contribution in [0, 0.1) is 5.92 Å². The van der Waals surface area contributed by atoms with Crippen LogP contribution < -0.4 is 0 Å². The van der Waals surface area contributed by atoms with E-state index in [1.165, 1.54) is 0 Å². The molecule has 2 atom stereocenters. The first-order chi connectivity index (χ1) is 10.5. The Bertz CT molecular complexity index is 608. The third-order valence-corrected chi connectivity index (χ3v) is 4.58. The predicted molar refractivity (Wildman–Crippen MR) is 89.4 cm³/mol. The Balaban J connectivity index is 2.45. The van der Waals surface area contributed by atoms with Gasteiger partial charge in [0.05, 0.1) is 10.9 Å². The Hall–Kier alpha value is -1.03. The van der Waals surface area contributed by atoms with Gasteiger partial charge in [-0.1, -0.05) is 49.7 Å². The zero-order valence-corrected chi connectivity index (χ0v) is 14.5. The molecule has 120 valence electrons. The van der Waals surface area contributed by atoms with Gasteiger partial charge >= 0.3 is 0 Å². The summed E-state index contributed by atoms with van der Waals surface area (Å²) in [5.41, 5.74) is 2.07. The summed E-state index contributed by atoms with van der Waals surface area (Å²) < 4.78 is 5.45. The summed E-state index contributed by atoms with van der Waals surface area (Å²) in [6.07, 6.45) is 0.804. The van der Waals surface area contributed by atoms with Crippen molar-refractivity contribution in [3.63, 3.8) is 0 Å².